The van der Waals surface area contributed by atoms with Crippen molar-refractivity contribution in [3.8, 4) is 0 Å². The monoisotopic (exact) mass is 526 g/mol. The van der Waals surface area contributed by atoms with Gasteiger partial charge in [-0.2, -0.15) is 4.98 Å². The highest BCUT2D eigenvalue weighted by molar-refractivity contribution is 7.16. The lowest BCUT2D eigenvalue weighted by Crippen LogP contribution is -2.37. The number of benzene rings is 2. The summed E-state index contributed by atoms with van der Waals surface area (Å²) < 4.78 is 33.1. The summed E-state index contributed by atoms with van der Waals surface area (Å²) in [5.74, 6) is -1.81. The molecule has 2 aromatic carbocycles. The van der Waals surface area contributed by atoms with E-state index in [1.165, 1.54) is 24.3 Å². The molecule has 1 aliphatic heterocycles. The van der Waals surface area contributed by atoms with Crippen LogP contribution in [-0.4, -0.2) is 51.5 Å². The van der Waals surface area contributed by atoms with Crippen molar-refractivity contribution in [2.75, 3.05) is 12.3 Å². The number of nitrogens with zero attached hydrogens (tertiary/aromatic N) is 2. The molecule has 3 heterocycles. The molecule has 1 aliphatic rings. The molecule has 13 heteroatoms. The normalized spacial score (nSPS) is 21.1. The molecule has 0 aliphatic carbocycles. The SMILES string of the molecule is Nc1nc2c(sc(=O)n2[C@@H]2O[C@H](COC(=O)c3ccccc3)[C@@H](OC(=O)c3ccccc3)[C@@H]2F)c(=O)[nH]1. The summed E-state index contributed by atoms with van der Waals surface area (Å²) in [6, 6.07) is 16.0. The van der Waals surface area contributed by atoms with Crippen LogP contribution in [0.3, 0.4) is 0 Å². The number of alkyl halides is 1. The van der Waals surface area contributed by atoms with Gasteiger partial charge in [-0.3, -0.25) is 19.1 Å². The molecule has 190 valence electrons. The predicted molar refractivity (Wildman–Crippen MR) is 130 cm³/mol. The van der Waals surface area contributed by atoms with Gasteiger partial charge in [0.25, 0.3) is 5.56 Å². The van der Waals surface area contributed by atoms with Crippen LogP contribution in [0.2, 0.25) is 0 Å². The standard InChI is InChI=1S/C24H19FN4O7S/c25-15-16(36-22(32)13-9-5-2-6-10-13)14(11-34-21(31)12-7-3-1-4-8-12)35-20(15)29-18-17(37-24(29)33)19(30)28-23(26)27-18/h1-10,14-16,20H,11H2,(H3,26,27,28,30)/t14-,15+,16-,20-/m1/s1. The van der Waals surface area contributed by atoms with E-state index in [1.807, 2.05) is 0 Å². The number of anilines is 1. The minimum absolute atomic E-state index is 0.0771. The quantitative estimate of drug-likeness (QED) is 0.359. The number of nitrogens with two attached hydrogens (primary N) is 1. The zero-order valence-corrected chi connectivity index (χ0v) is 19.7. The largest absolute Gasteiger partial charge is 0.459 e. The molecule has 5 rings (SSSR count). The number of hydrogen-bond donors (Lipinski definition) is 2. The van der Waals surface area contributed by atoms with E-state index in [2.05, 4.69) is 9.97 Å². The molecule has 0 radical (unpaired) electrons. The molecule has 4 aromatic rings. The third-order valence-corrected chi connectivity index (χ3v) is 6.60. The number of H-pyrrole nitrogens is 1. The molecule has 4 atom stereocenters. The van der Waals surface area contributed by atoms with Gasteiger partial charge in [0.15, 0.2) is 24.2 Å². The number of halogens is 1. The van der Waals surface area contributed by atoms with E-state index in [4.69, 9.17) is 19.9 Å². The summed E-state index contributed by atoms with van der Waals surface area (Å²) in [5.41, 5.74) is 5.19. The Kier molecular flexibility index (Phi) is 6.54. The fourth-order valence-corrected chi connectivity index (χ4v) is 4.77. The average molecular weight is 527 g/mol. The summed E-state index contributed by atoms with van der Waals surface area (Å²) in [6.07, 6.45) is -6.54. The Morgan fingerprint density at radius 3 is 2.32 bits per heavy atom. The topological polar surface area (TPSA) is 156 Å². The lowest BCUT2D eigenvalue weighted by atomic mass is 10.1. The van der Waals surface area contributed by atoms with Crippen LogP contribution in [0, 0.1) is 0 Å². The Bertz CT molecular complexity index is 1570. The molecule has 0 amide bonds. The second-order valence-corrected chi connectivity index (χ2v) is 9.01. The third kappa shape index (κ3) is 4.73. The molecular weight excluding hydrogens is 507 g/mol. The summed E-state index contributed by atoms with van der Waals surface area (Å²) in [4.78, 5) is 55.7. The van der Waals surface area contributed by atoms with Crippen LogP contribution in [0.5, 0.6) is 0 Å². The predicted octanol–water partition coefficient (Wildman–Crippen LogP) is 2.05. The van der Waals surface area contributed by atoms with Crippen molar-refractivity contribution in [1.29, 1.82) is 0 Å². The van der Waals surface area contributed by atoms with E-state index in [-0.39, 0.29) is 27.4 Å². The van der Waals surface area contributed by atoms with Gasteiger partial charge in [-0.05, 0) is 24.3 Å². The van der Waals surface area contributed by atoms with Gasteiger partial charge in [0.05, 0.1) is 11.1 Å². The maximum Gasteiger partial charge on any atom is 0.338 e. The van der Waals surface area contributed by atoms with Crippen LogP contribution in [0.4, 0.5) is 10.3 Å². The van der Waals surface area contributed by atoms with Gasteiger partial charge in [-0.25, -0.2) is 14.0 Å². The summed E-state index contributed by atoms with van der Waals surface area (Å²) in [6.45, 7) is -0.482. The second-order valence-electron chi connectivity index (χ2n) is 8.05. The zero-order valence-electron chi connectivity index (χ0n) is 18.9. The molecule has 1 fully saturated rings. The van der Waals surface area contributed by atoms with Crippen molar-refractivity contribution in [2.24, 2.45) is 0 Å². The Morgan fingerprint density at radius 1 is 1.05 bits per heavy atom. The molecule has 3 N–H and O–H groups in total. The number of esters is 2. The van der Waals surface area contributed by atoms with E-state index in [1.54, 1.807) is 36.4 Å². The van der Waals surface area contributed by atoms with Crippen molar-refractivity contribution in [1.82, 2.24) is 14.5 Å². The van der Waals surface area contributed by atoms with Gasteiger partial charge in [0, 0.05) is 0 Å². The molecule has 37 heavy (non-hydrogen) atoms. The van der Waals surface area contributed by atoms with E-state index >= 15 is 4.39 Å². The summed E-state index contributed by atoms with van der Waals surface area (Å²) in [7, 11) is 0. The zero-order chi connectivity index (χ0) is 26.1. The first-order valence-electron chi connectivity index (χ1n) is 11.0. The van der Waals surface area contributed by atoms with Crippen molar-refractivity contribution in [2.45, 2.75) is 24.6 Å². The van der Waals surface area contributed by atoms with Crippen LogP contribution in [0.1, 0.15) is 26.9 Å². The lowest BCUT2D eigenvalue weighted by Gasteiger charge is -2.19. The van der Waals surface area contributed by atoms with Crippen molar-refractivity contribution in [3.63, 3.8) is 0 Å². The molecular formula is C24H19FN4O7S. The smallest absolute Gasteiger partial charge is 0.338 e. The number of hydrogen-bond acceptors (Lipinski definition) is 10. The Labute approximate surface area is 211 Å². The summed E-state index contributed by atoms with van der Waals surface area (Å²) >= 11 is 0.538. The van der Waals surface area contributed by atoms with E-state index < -0.39 is 53.6 Å². The number of aromatic nitrogens is 3. The number of fused-ring (bicyclic) bond motifs is 1. The number of rotatable bonds is 6. The van der Waals surface area contributed by atoms with Gasteiger partial charge in [-0.1, -0.05) is 47.7 Å². The number of thiazole rings is 1. The highest BCUT2D eigenvalue weighted by Crippen LogP contribution is 2.35. The molecule has 0 spiro atoms. The fraction of sp³-hybridized carbons (Fsp3) is 0.208. The van der Waals surface area contributed by atoms with Crippen LogP contribution in [0.25, 0.3) is 10.3 Å². The van der Waals surface area contributed by atoms with Gasteiger partial charge >= 0.3 is 16.8 Å². The van der Waals surface area contributed by atoms with E-state index in [0.717, 1.165) is 4.57 Å². The first kappa shape index (κ1) is 24.3. The first-order valence-corrected chi connectivity index (χ1v) is 11.8. The summed E-state index contributed by atoms with van der Waals surface area (Å²) in [5, 5.41) is 0. The first-order chi connectivity index (χ1) is 17.8. The molecule has 0 unspecified atom stereocenters. The fourth-order valence-electron chi connectivity index (χ4n) is 3.93. The molecule has 1 saturated heterocycles. The molecule has 11 nitrogen and oxygen atoms in total. The maximum atomic E-state index is 15.9. The van der Waals surface area contributed by atoms with Crippen molar-refractivity contribution in [3.05, 3.63) is 91.8 Å². The lowest BCUT2D eigenvalue weighted by molar-refractivity contribution is -0.0574. The number of nitrogen functional groups attached to an aromatic ring is 1. The minimum Gasteiger partial charge on any atom is -0.459 e. The average Bonchev–Trinajstić information content (AvgIpc) is 3.39. The van der Waals surface area contributed by atoms with Gasteiger partial charge in [0.2, 0.25) is 5.95 Å². The van der Waals surface area contributed by atoms with Crippen LogP contribution < -0.4 is 16.2 Å². The van der Waals surface area contributed by atoms with Crippen molar-refractivity contribution >= 4 is 39.6 Å². The number of aromatic amines is 1. The highest BCUT2D eigenvalue weighted by atomic mass is 32.1. The second kappa shape index (κ2) is 9.95. The Morgan fingerprint density at radius 2 is 1.68 bits per heavy atom. The van der Waals surface area contributed by atoms with Crippen LogP contribution in [0.15, 0.2) is 70.3 Å². The molecule has 2 aromatic heterocycles. The van der Waals surface area contributed by atoms with E-state index in [9.17, 15) is 19.2 Å². The maximum absolute atomic E-state index is 15.9. The van der Waals surface area contributed by atoms with Crippen LogP contribution >= 0.6 is 11.3 Å². The van der Waals surface area contributed by atoms with Crippen LogP contribution in [-0.2, 0) is 14.2 Å². The highest BCUT2D eigenvalue weighted by Gasteiger charge is 2.50. The number of carbonyl (C=O) groups excluding carboxylic acids is 2. The van der Waals surface area contributed by atoms with Gasteiger partial charge < -0.3 is 19.9 Å². The third-order valence-electron chi connectivity index (χ3n) is 5.65. The Hall–Kier alpha value is -4.36. The number of nitrogens with one attached hydrogen (secondary N) is 1. The molecule has 0 saturated carbocycles. The minimum atomic E-state index is -2.08. The van der Waals surface area contributed by atoms with Gasteiger partial charge in [0.1, 0.15) is 17.4 Å². The number of ether oxygens (including phenoxy) is 3. The Balaban J connectivity index is 1.46. The van der Waals surface area contributed by atoms with Crippen molar-refractivity contribution < 1.29 is 28.2 Å². The van der Waals surface area contributed by atoms with Gasteiger partial charge in [-0.15, -0.1) is 0 Å². The molecule has 0 bridgehead atoms. The van der Waals surface area contributed by atoms with E-state index in [0.29, 0.717) is 11.3 Å². The number of carbonyl (C=O) groups is 2.